The molecule has 1 aromatic carbocycles. The number of aromatic nitrogens is 1. The summed E-state index contributed by atoms with van der Waals surface area (Å²) in [4.78, 5) is 102. The summed E-state index contributed by atoms with van der Waals surface area (Å²) < 4.78 is 0. The number of H-pyrrole nitrogens is 1. The molecule has 0 saturated carbocycles. The van der Waals surface area contributed by atoms with Crippen LogP contribution in [0, 0.1) is 5.92 Å². The Balaban J connectivity index is 2.18. The van der Waals surface area contributed by atoms with Crippen molar-refractivity contribution < 1.29 is 53.7 Å². The molecule has 0 bridgehead atoms. The summed E-state index contributed by atoms with van der Waals surface area (Å²) in [6.45, 7) is 2.44. The molecule has 50 heavy (non-hydrogen) atoms. The number of carboxylic acid groups (broad SMARTS) is 2. The van der Waals surface area contributed by atoms with Crippen LogP contribution in [0.15, 0.2) is 30.5 Å². The second-order valence-corrected chi connectivity index (χ2v) is 11.8. The fourth-order valence-electron chi connectivity index (χ4n) is 4.59. The van der Waals surface area contributed by atoms with Crippen molar-refractivity contribution in [3.63, 3.8) is 0 Å². The number of fused-ring (bicyclic) bond motifs is 1. The first kappa shape index (κ1) is 40.6. The van der Waals surface area contributed by atoms with Crippen LogP contribution in [0.4, 0.5) is 0 Å². The Hall–Kier alpha value is -5.56. The van der Waals surface area contributed by atoms with Gasteiger partial charge in [0.05, 0.1) is 25.7 Å². The first-order valence-electron chi connectivity index (χ1n) is 15.6. The van der Waals surface area contributed by atoms with Crippen LogP contribution in [0.3, 0.4) is 0 Å². The summed E-state index contributed by atoms with van der Waals surface area (Å²) in [5, 5.41) is 43.3. The third kappa shape index (κ3) is 12.8. The number of hydrogen-bond donors (Lipinski definition) is 11. The highest BCUT2D eigenvalue weighted by molar-refractivity contribution is 5.96. The molecular formula is C31H44N8O11. The molecule has 1 heterocycles. The van der Waals surface area contributed by atoms with E-state index < -0.39 is 116 Å². The van der Waals surface area contributed by atoms with E-state index in [9.17, 15) is 48.6 Å². The van der Waals surface area contributed by atoms with Crippen LogP contribution in [-0.2, 0) is 44.8 Å². The van der Waals surface area contributed by atoms with Gasteiger partial charge in [-0.1, -0.05) is 32.0 Å². The summed E-state index contributed by atoms with van der Waals surface area (Å²) in [5.74, 6) is -8.35. The van der Waals surface area contributed by atoms with E-state index in [1.165, 1.54) is 6.92 Å². The quantitative estimate of drug-likeness (QED) is 0.0650. The van der Waals surface area contributed by atoms with Gasteiger partial charge in [0.15, 0.2) is 0 Å². The molecule has 2 aromatic rings. The van der Waals surface area contributed by atoms with Crippen LogP contribution in [0.5, 0.6) is 0 Å². The standard InChI is InChI=1S/C31H44N8O11/c1-15(2)26(31(49)50)39-29(47)21(10-17-11-33-19-7-5-4-6-18(17)19)37-30(48)22(14-40)38-28(46)20(8-9-25(43)44)36-24(42)13-34-23(41)12-35-27(45)16(3)32/h4-7,11,15-16,20-22,26,33,40H,8-10,12-14,32H2,1-3H3,(H,34,41)(H,35,45)(H,36,42)(H,37,48)(H,38,46)(H,39,47)(H,43,44)(H,49,50)/t16-,20-,21-,22-,26-/m0/s1. The highest BCUT2D eigenvalue weighted by atomic mass is 16.4. The van der Waals surface area contributed by atoms with Gasteiger partial charge in [-0.25, -0.2) is 4.79 Å². The summed E-state index contributed by atoms with van der Waals surface area (Å²) in [7, 11) is 0. The van der Waals surface area contributed by atoms with Crippen molar-refractivity contribution in [1.82, 2.24) is 36.9 Å². The number of benzene rings is 1. The van der Waals surface area contributed by atoms with Crippen LogP contribution in [-0.4, -0.2) is 118 Å². The summed E-state index contributed by atoms with van der Waals surface area (Å²) in [5.41, 5.74) is 6.73. The van der Waals surface area contributed by atoms with Gasteiger partial charge in [-0.2, -0.15) is 0 Å². The summed E-state index contributed by atoms with van der Waals surface area (Å²) in [6.07, 6.45) is 0.477. The predicted octanol–water partition coefficient (Wildman–Crippen LogP) is -3.17. The minimum absolute atomic E-state index is 0.115. The molecule has 6 amide bonds. The number of nitrogens with two attached hydrogens (primary N) is 1. The highest BCUT2D eigenvalue weighted by Gasteiger charge is 2.32. The molecule has 0 spiro atoms. The number of amides is 6. The topological polar surface area (TPSA) is 311 Å². The summed E-state index contributed by atoms with van der Waals surface area (Å²) in [6, 6.07) is 0.340. The number of aliphatic hydroxyl groups excluding tert-OH is 1. The Morgan fingerprint density at radius 1 is 0.760 bits per heavy atom. The van der Waals surface area contributed by atoms with Gasteiger partial charge in [0.1, 0.15) is 24.2 Å². The molecular weight excluding hydrogens is 660 g/mol. The lowest BCUT2D eigenvalue weighted by atomic mass is 10.0. The van der Waals surface area contributed by atoms with Crippen LogP contribution in [0.1, 0.15) is 39.2 Å². The first-order valence-corrected chi connectivity index (χ1v) is 15.6. The minimum atomic E-state index is -1.70. The van der Waals surface area contributed by atoms with Gasteiger partial charge in [0, 0.05) is 29.9 Å². The number of aliphatic hydroxyl groups is 1. The molecule has 0 aliphatic rings. The van der Waals surface area contributed by atoms with Crippen molar-refractivity contribution in [2.75, 3.05) is 19.7 Å². The Bertz CT molecular complexity index is 1560. The van der Waals surface area contributed by atoms with E-state index in [4.69, 9.17) is 10.8 Å². The molecule has 0 fully saturated rings. The van der Waals surface area contributed by atoms with E-state index in [1.54, 1.807) is 44.3 Å². The Labute approximate surface area is 286 Å². The van der Waals surface area contributed by atoms with Crippen LogP contribution in [0.2, 0.25) is 0 Å². The number of nitrogens with one attached hydrogen (secondary N) is 7. The Morgan fingerprint density at radius 2 is 1.36 bits per heavy atom. The second kappa shape index (κ2) is 19.4. The summed E-state index contributed by atoms with van der Waals surface area (Å²) >= 11 is 0. The van der Waals surface area contributed by atoms with Gasteiger partial charge < -0.3 is 57.9 Å². The number of carboxylic acids is 2. The lowest BCUT2D eigenvalue weighted by Crippen LogP contribution is -2.59. The van der Waals surface area contributed by atoms with E-state index in [0.717, 1.165) is 10.9 Å². The molecule has 0 aliphatic carbocycles. The van der Waals surface area contributed by atoms with Gasteiger partial charge >= 0.3 is 11.9 Å². The van der Waals surface area contributed by atoms with E-state index >= 15 is 0 Å². The molecule has 0 aliphatic heterocycles. The molecule has 19 nitrogen and oxygen atoms in total. The smallest absolute Gasteiger partial charge is 0.326 e. The molecule has 19 heteroatoms. The largest absolute Gasteiger partial charge is 0.481 e. The Kier molecular flexibility index (Phi) is 15.8. The van der Waals surface area contributed by atoms with Gasteiger partial charge in [-0.3, -0.25) is 33.6 Å². The van der Waals surface area contributed by atoms with Crippen molar-refractivity contribution in [1.29, 1.82) is 0 Å². The monoisotopic (exact) mass is 704 g/mol. The van der Waals surface area contributed by atoms with Crippen LogP contribution < -0.4 is 37.6 Å². The number of aliphatic carboxylic acids is 2. The Morgan fingerprint density at radius 3 is 1.96 bits per heavy atom. The van der Waals surface area contributed by atoms with Gasteiger partial charge in [0.25, 0.3) is 0 Å². The lowest BCUT2D eigenvalue weighted by molar-refractivity contribution is -0.143. The van der Waals surface area contributed by atoms with E-state index in [-0.39, 0.29) is 6.42 Å². The number of hydrogen-bond acceptors (Lipinski definition) is 10. The number of para-hydroxylation sites is 1. The van der Waals surface area contributed by atoms with Crippen molar-refractivity contribution in [2.45, 2.75) is 70.2 Å². The third-order valence-electron chi connectivity index (χ3n) is 7.36. The van der Waals surface area contributed by atoms with E-state index in [2.05, 4.69) is 36.9 Å². The average Bonchev–Trinajstić information content (AvgIpc) is 3.47. The first-order chi connectivity index (χ1) is 23.5. The van der Waals surface area contributed by atoms with Crippen molar-refractivity contribution in [3.05, 3.63) is 36.0 Å². The van der Waals surface area contributed by atoms with Gasteiger partial charge in [-0.15, -0.1) is 0 Å². The van der Waals surface area contributed by atoms with E-state index in [0.29, 0.717) is 5.56 Å². The fraction of sp³-hybridized carbons (Fsp3) is 0.484. The zero-order valence-corrected chi connectivity index (χ0v) is 27.8. The normalized spacial score (nSPS) is 14.0. The number of carbonyl (C=O) groups is 8. The minimum Gasteiger partial charge on any atom is -0.481 e. The van der Waals surface area contributed by atoms with Gasteiger partial charge in [0.2, 0.25) is 35.4 Å². The maximum Gasteiger partial charge on any atom is 0.326 e. The van der Waals surface area contributed by atoms with Crippen LogP contribution in [0.25, 0.3) is 10.9 Å². The predicted molar refractivity (Wildman–Crippen MR) is 176 cm³/mol. The van der Waals surface area contributed by atoms with Crippen molar-refractivity contribution in [3.8, 4) is 0 Å². The molecule has 12 N–H and O–H groups in total. The molecule has 274 valence electrons. The number of rotatable bonds is 20. The molecule has 0 radical (unpaired) electrons. The zero-order chi connectivity index (χ0) is 37.5. The second-order valence-electron chi connectivity index (χ2n) is 11.8. The maximum atomic E-state index is 13.4. The van der Waals surface area contributed by atoms with Crippen LogP contribution >= 0.6 is 0 Å². The SMILES string of the molecule is CC(C)[C@H](NC(=O)[C@H](Cc1c[nH]c2ccccc12)NC(=O)[C@H](CO)NC(=O)[C@H](CCC(=O)O)NC(=O)CNC(=O)CNC(=O)[C@H](C)N)C(=O)O. The molecule has 5 atom stereocenters. The van der Waals surface area contributed by atoms with E-state index in [1.807, 2.05) is 0 Å². The number of aromatic amines is 1. The lowest BCUT2D eigenvalue weighted by Gasteiger charge is -2.26. The zero-order valence-electron chi connectivity index (χ0n) is 27.8. The molecule has 1 aromatic heterocycles. The average molecular weight is 705 g/mol. The maximum absolute atomic E-state index is 13.4. The van der Waals surface area contributed by atoms with Gasteiger partial charge in [-0.05, 0) is 30.9 Å². The molecule has 0 unspecified atom stereocenters. The fourth-order valence-corrected chi connectivity index (χ4v) is 4.59. The highest BCUT2D eigenvalue weighted by Crippen LogP contribution is 2.19. The van der Waals surface area contributed by atoms with Crippen molar-refractivity contribution in [2.24, 2.45) is 11.7 Å². The van der Waals surface area contributed by atoms with Crippen molar-refractivity contribution >= 4 is 58.3 Å². The number of carbonyl (C=O) groups excluding carboxylic acids is 6. The third-order valence-corrected chi connectivity index (χ3v) is 7.36. The molecule has 2 rings (SSSR count). The molecule has 0 saturated heterocycles.